The lowest BCUT2D eigenvalue weighted by atomic mass is 10.1. The van der Waals surface area contributed by atoms with Gasteiger partial charge in [-0.15, -0.1) is 11.3 Å². The van der Waals surface area contributed by atoms with Gasteiger partial charge in [0.05, 0.1) is 11.6 Å². The summed E-state index contributed by atoms with van der Waals surface area (Å²) in [5.41, 5.74) is 0.928. The number of hydrogen-bond donors (Lipinski definition) is 3. The number of carbonyl (C=O) groups is 2. The second-order valence-corrected chi connectivity index (χ2v) is 5.37. The third-order valence-electron chi connectivity index (χ3n) is 2.69. The van der Waals surface area contributed by atoms with Crippen molar-refractivity contribution in [2.75, 3.05) is 11.9 Å². The summed E-state index contributed by atoms with van der Waals surface area (Å²) >= 11 is 1.35. The Labute approximate surface area is 116 Å². The van der Waals surface area contributed by atoms with Crippen LogP contribution in [0.25, 0.3) is 0 Å². The maximum Gasteiger partial charge on any atom is 0.321 e. The molecule has 1 unspecified atom stereocenters. The van der Waals surface area contributed by atoms with Gasteiger partial charge in [-0.2, -0.15) is 0 Å². The molecule has 0 aliphatic rings. The molecule has 1 aromatic heterocycles. The fraction of sp³-hybridized carbons (Fsp3) is 0.583. The number of thiazole rings is 1. The Morgan fingerprint density at radius 2 is 2.16 bits per heavy atom. The zero-order valence-corrected chi connectivity index (χ0v) is 12.1. The van der Waals surface area contributed by atoms with E-state index in [1.807, 2.05) is 19.2 Å². The van der Waals surface area contributed by atoms with E-state index in [-0.39, 0.29) is 6.54 Å². The Balaban J connectivity index is 2.44. The van der Waals surface area contributed by atoms with Crippen LogP contribution in [0.4, 0.5) is 9.93 Å². The van der Waals surface area contributed by atoms with Crippen molar-refractivity contribution in [1.82, 2.24) is 10.3 Å². The van der Waals surface area contributed by atoms with Crippen molar-refractivity contribution < 1.29 is 14.7 Å². The average Bonchev–Trinajstić information content (AvgIpc) is 2.78. The van der Waals surface area contributed by atoms with Gasteiger partial charge in [0.15, 0.2) is 5.13 Å². The van der Waals surface area contributed by atoms with Gasteiger partial charge < -0.3 is 10.4 Å². The number of hydrogen-bond acceptors (Lipinski definition) is 4. The number of nitrogens with zero attached hydrogens (tertiary/aromatic N) is 1. The van der Waals surface area contributed by atoms with E-state index in [0.29, 0.717) is 17.5 Å². The zero-order chi connectivity index (χ0) is 14.4. The molecule has 1 atom stereocenters. The molecule has 0 fully saturated rings. The predicted octanol–water partition coefficient (Wildman–Crippen LogP) is 2.50. The van der Waals surface area contributed by atoms with Gasteiger partial charge in [0.25, 0.3) is 0 Å². The molecule has 0 saturated carbocycles. The number of anilines is 1. The quantitative estimate of drug-likeness (QED) is 0.749. The molecule has 1 rings (SSSR count). The molecule has 0 aliphatic carbocycles. The number of carboxylic acid groups (broad SMARTS) is 1. The summed E-state index contributed by atoms with van der Waals surface area (Å²) in [7, 11) is 0. The molecule has 3 N–H and O–H groups in total. The minimum Gasteiger partial charge on any atom is -0.481 e. The number of amides is 2. The van der Waals surface area contributed by atoms with Crippen molar-refractivity contribution in [3.63, 3.8) is 0 Å². The van der Waals surface area contributed by atoms with Crippen LogP contribution in [-0.4, -0.2) is 28.6 Å². The van der Waals surface area contributed by atoms with Crippen molar-refractivity contribution in [2.45, 2.75) is 33.1 Å². The second kappa shape index (κ2) is 7.08. The van der Waals surface area contributed by atoms with E-state index in [1.165, 1.54) is 11.3 Å². The van der Waals surface area contributed by atoms with Crippen LogP contribution < -0.4 is 10.6 Å². The number of urea groups is 1. The van der Waals surface area contributed by atoms with E-state index >= 15 is 0 Å². The molecule has 6 nitrogen and oxygen atoms in total. The Kier molecular flexibility index (Phi) is 5.75. The number of aliphatic carboxylic acids is 1. The highest BCUT2D eigenvalue weighted by Crippen LogP contribution is 2.21. The largest absolute Gasteiger partial charge is 0.481 e. The Bertz CT molecular complexity index is 445. The number of nitrogens with one attached hydrogen (secondary N) is 2. The lowest BCUT2D eigenvalue weighted by molar-refractivity contribution is -0.141. The molecular formula is C12H19N3O3S. The van der Waals surface area contributed by atoms with E-state index < -0.39 is 17.9 Å². The standard InChI is InChI=1S/C12H19N3O3S/c1-4-8(10(16)17)5-13-11(18)15-12-14-9(6-19-12)7(2)3/h6-8H,4-5H2,1-3H3,(H,16,17)(H2,13,14,15,18). The van der Waals surface area contributed by atoms with Crippen LogP contribution in [0, 0.1) is 5.92 Å². The van der Waals surface area contributed by atoms with Gasteiger partial charge in [-0.25, -0.2) is 9.78 Å². The van der Waals surface area contributed by atoms with E-state index in [1.54, 1.807) is 6.92 Å². The molecule has 0 saturated heterocycles. The molecule has 0 bridgehead atoms. The average molecular weight is 285 g/mol. The lowest BCUT2D eigenvalue weighted by Gasteiger charge is -2.10. The number of carboxylic acids is 1. The molecule has 1 heterocycles. The predicted molar refractivity (Wildman–Crippen MR) is 74.6 cm³/mol. The van der Waals surface area contributed by atoms with E-state index in [4.69, 9.17) is 5.11 Å². The van der Waals surface area contributed by atoms with Crippen molar-refractivity contribution in [3.05, 3.63) is 11.1 Å². The Hall–Kier alpha value is -1.63. The smallest absolute Gasteiger partial charge is 0.321 e. The summed E-state index contributed by atoms with van der Waals surface area (Å²) in [6.45, 7) is 5.93. The van der Waals surface area contributed by atoms with Crippen LogP contribution in [-0.2, 0) is 4.79 Å². The maximum atomic E-state index is 11.6. The van der Waals surface area contributed by atoms with Crippen molar-refractivity contribution in [1.29, 1.82) is 0 Å². The minimum absolute atomic E-state index is 0.111. The summed E-state index contributed by atoms with van der Waals surface area (Å²) in [6, 6.07) is -0.427. The summed E-state index contributed by atoms with van der Waals surface area (Å²) in [5.74, 6) is -1.15. The fourth-order valence-electron chi connectivity index (χ4n) is 1.37. The van der Waals surface area contributed by atoms with Crippen LogP contribution in [0.2, 0.25) is 0 Å². The lowest BCUT2D eigenvalue weighted by Crippen LogP contribution is -2.35. The molecule has 0 spiro atoms. The first-order valence-corrected chi connectivity index (χ1v) is 7.05. The number of rotatable bonds is 6. The third-order valence-corrected chi connectivity index (χ3v) is 3.46. The van der Waals surface area contributed by atoms with Gasteiger partial charge in [-0.3, -0.25) is 10.1 Å². The molecule has 0 radical (unpaired) electrons. The van der Waals surface area contributed by atoms with Crippen LogP contribution >= 0.6 is 11.3 Å². The highest BCUT2D eigenvalue weighted by atomic mass is 32.1. The van der Waals surface area contributed by atoms with Gasteiger partial charge in [0.1, 0.15) is 0 Å². The normalized spacial score (nSPS) is 12.2. The monoisotopic (exact) mass is 285 g/mol. The fourth-order valence-corrected chi connectivity index (χ4v) is 2.24. The zero-order valence-electron chi connectivity index (χ0n) is 11.3. The van der Waals surface area contributed by atoms with Gasteiger partial charge in [0.2, 0.25) is 0 Å². The summed E-state index contributed by atoms with van der Waals surface area (Å²) < 4.78 is 0. The third kappa shape index (κ3) is 4.86. The maximum absolute atomic E-state index is 11.6. The summed E-state index contributed by atoms with van der Waals surface area (Å²) in [6.07, 6.45) is 0.477. The SMILES string of the molecule is CCC(CNC(=O)Nc1nc(C(C)C)cs1)C(=O)O. The van der Waals surface area contributed by atoms with Crippen LogP contribution in [0.5, 0.6) is 0 Å². The van der Waals surface area contributed by atoms with Crippen molar-refractivity contribution in [2.24, 2.45) is 5.92 Å². The van der Waals surface area contributed by atoms with Crippen LogP contribution in [0.3, 0.4) is 0 Å². The Morgan fingerprint density at radius 1 is 1.47 bits per heavy atom. The molecule has 19 heavy (non-hydrogen) atoms. The molecule has 106 valence electrons. The van der Waals surface area contributed by atoms with Gasteiger partial charge in [-0.1, -0.05) is 20.8 Å². The summed E-state index contributed by atoms with van der Waals surface area (Å²) in [5, 5.41) is 16.4. The molecule has 1 aromatic rings. The van der Waals surface area contributed by atoms with E-state index in [2.05, 4.69) is 15.6 Å². The highest BCUT2D eigenvalue weighted by Gasteiger charge is 2.16. The molecule has 0 aromatic carbocycles. The highest BCUT2D eigenvalue weighted by molar-refractivity contribution is 7.13. The van der Waals surface area contributed by atoms with Crippen molar-refractivity contribution >= 4 is 28.5 Å². The van der Waals surface area contributed by atoms with E-state index in [0.717, 1.165) is 5.69 Å². The number of carbonyl (C=O) groups excluding carboxylic acids is 1. The number of aromatic nitrogens is 1. The minimum atomic E-state index is -0.904. The molecule has 2 amide bonds. The Morgan fingerprint density at radius 3 is 2.63 bits per heavy atom. The first kappa shape index (κ1) is 15.4. The topological polar surface area (TPSA) is 91.3 Å². The van der Waals surface area contributed by atoms with Gasteiger partial charge >= 0.3 is 12.0 Å². The van der Waals surface area contributed by atoms with Gasteiger partial charge in [-0.05, 0) is 12.3 Å². The van der Waals surface area contributed by atoms with Crippen molar-refractivity contribution in [3.8, 4) is 0 Å². The summed E-state index contributed by atoms with van der Waals surface area (Å²) in [4.78, 5) is 26.6. The van der Waals surface area contributed by atoms with Crippen LogP contribution in [0.15, 0.2) is 5.38 Å². The molecule has 7 heteroatoms. The van der Waals surface area contributed by atoms with Crippen LogP contribution in [0.1, 0.15) is 38.8 Å². The first-order valence-electron chi connectivity index (χ1n) is 6.17. The molecular weight excluding hydrogens is 266 g/mol. The second-order valence-electron chi connectivity index (χ2n) is 4.51. The van der Waals surface area contributed by atoms with Gasteiger partial charge in [0, 0.05) is 11.9 Å². The first-order chi connectivity index (χ1) is 8.93. The molecule has 0 aliphatic heterocycles. The van der Waals surface area contributed by atoms with E-state index in [9.17, 15) is 9.59 Å².